The molecule has 0 aliphatic carbocycles. The molecule has 0 N–H and O–H groups in total. The van der Waals surface area contributed by atoms with E-state index in [1.165, 1.54) is 0 Å². The van der Waals surface area contributed by atoms with Crippen LogP contribution in [0.15, 0.2) is 17.1 Å². The molecule has 1 nitrogen and oxygen atoms in total. The Morgan fingerprint density at radius 2 is 2.22 bits per heavy atom. The lowest BCUT2D eigenvalue weighted by Gasteiger charge is -2.20. The maximum absolute atomic E-state index is 4.31. The van der Waals surface area contributed by atoms with Crippen LogP contribution in [0.2, 0.25) is 0 Å². The summed E-state index contributed by atoms with van der Waals surface area (Å²) in [7, 11) is 0. The van der Waals surface area contributed by atoms with Gasteiger partial charge in [-0.2, -0.15) is 0 Å². The van der Waals surface area contributed by atoms with E-state index in [1.807, 2.05) is 6.92 Å². The summed E-state index contributed by atoms with van der Waals surface area (Å²) in [4.78, 5) is 4.31. The normalized spacial score (nSPS) is 23.7. The van der Waals surface area contributed by atoms with Gasteiger partial charge in [-0.3, -0.25) is 4.99 Å². The van der Waals surface area contributed by atoms with E-state index in [9.17, 15) is 0 Å². The van der Waals surface area contributed by atoms with Gasteiger partial charge in [0.2, 0.25) is 0 Å². The third-order valence-electron chi connectivity index (χ3n) is 1.51. The molecule has 0 amide bonds. The van der Waals surface area contributed by atoms with Gasteiger partial charge in [0.25, 0.3) is 0 Å². The Labute approximate surface area is 56.5 Å². The number of dihydropyridines is 1. The Balaban J connectivity index is 2.70. The fraction of sp³-hybridized carbons (Fsp3) is 0.625. The van der Waals surface area contributed by atoms with Crippen molar-refractivity contribution in [1.29, 1.82) is 0 Å². The van der Waals surface area contributed by atoms with Gasteiger partial charge < -0.3 is 0 Å². The van der Waals surface area contributed by atoms with E-state index in [0.29, 0.717) is 5.41 Å². The van der Waals surface area contributed by atoms with Gasteiger partial charge >= 0.3 is 0 Å². The average Bonchev–Trinajstić information content (AvgIpc) is 1.78. The van der Waals surface area contributed by atoms with Gasteiger partial charge in [0.05, 0.1) is 0 Å². The van der Waals surface area contributed by atoms with E-state index in [-0.39, 0.29) is 0 Å². The van der Waals surface area contributed by atoms with Crippen molar-refractivity contribution in [3.63, 3.8) is 0 Å². The van der Waals surface area contributed by atoms with Gasteiger partial charge in [0.1, 0.15) is 0 Å². The molecule has 0 aromatic carbocycles. The van der Waals surface area contributed by atoms with Crippen LogP contribution in [0.1, 0.15) is 20.8 Å². The first kappa shape index (κ1) is 6.53. The maximum atomic E-state index is 4.31. The van der Waals surface area contributed by atoms with Crippen LogP contribution in [0.25, 0.3) is 0 Å². The molecule has 1 rings (SSSR count). The third-order valence-corrected chi connectivity index (χ3v) is 1.51. The van der Waals surface area contributed by atoms with Crippen molar-refractivity contribution in [3.05, 3.63) is 12.2 Å². The van der Waals surface area contributed by atoms with Gasteiger partial charge in [-0.25, -0.2) is 0 Å². The maximum Gasteiger partial charge on any atom is 0.0478 e. The number of nitrogens with zero attached hydrogens (tertiary/aromatic N) is 1. The van der Waals surface area contributed by atoms with E-state index in [1.54, 1.807) is 0 Å². The van der Waals surface area contributed by atoms with Crippen molar-refractivity contribution < 1.29 is 0 Å². The van der Waals surface area contributed by atoms with Crippen LogP contribution < -0.4 is 0 Å². The Hall–Kier alpha value is -0.590. The Morgan fingerprint density at radius 3 is 2.56 bits per heavy atom. The zero-order valence-corrected chi connectivity index (χ0v) is 6.31. The first-order chi connectivity index (χ1) is 4.10. The van der Waals surface area contributed by atoms with Crippen molar-refractivity contribution >= 4 is 5.71 Å². The molecule has 9 heavy (non-hydrogen) atoms. The fourth-order valence-electron chi connectivity index (χ4n) is 0.780. The largest absolute Gasteiger partial charge is 0.289 e. The SMILES string of the molecule is CC1=NCC(C)(C)C=C1. The fourth-order valence-corrected chi connectivity index (χ4v) is 0.780. The second kappa shape index (κ2) is 1.98. The van der Waals surface area contributed by atoms with Crippen molar-refractivity contribution in [3.8, 4) is 0 Å². The van der Waals surface area contributed by atoms with Crippen molar-refractivity contribution in [2.75, 3.05) is 6.54 Å². The Morgan fingerprint density at radius 1 is 1.56 bits per heavy atom. The summed E-state index contributed by atoms with van der Waals surface area (Å²) < 4.78 is 0. The molecule has 0 radical (unpaired) electrons. The van der Waals surface area contributed by atoms with Gasteiger partial charge in [-0.15, -0.1) is 0 Å². The highest BCUT2D eigenvalue weighted by molar-refractivity contribution is 5.93. The molecule has 1 aliphatic heterocycles. The van der Waals surface area contributed by atoms with Crippen LogP contribution >= 0.6 is 0 Å². The first-order valence-corrected chi connectivity index (χ1v) is 3.30. The average molecular weight is 123 g/mol. The van der Waals surface area contributed by atoms with Gasteiger partial charge in [0.15, 0.2) is 0 Å². The van der Waals surface area contributed by atoms with Crippen LogP contribution in [-0.4, -0.2) is 12.3 Å². The minimum atomic E-state index is 0.291. The summed E-state index contributed by atoms with van der Waals surface area (Å²) in [5.41, 5.74) is 1.44. The molecule has 1 heterocycles. The first-order valence-electron chi connectivity index (χ1n) is 3.30. The monoisotopic (exact) mass is 123 g/mol. The minimum Gasteiger partial charge on any atom is -0.289 e. The second-order valence-corrected chi connectivity index (χ2v) is 3.28. The molecule has 0 saturated heterocycles. The molecular formula is C8H13N. The summed E-state index contributed by atoms with van der Waals surface area (Å²) in [6, 6.07) is 0. The van der Waals surface area contributed by atoms with Crippen LogP contribution in [-0.2, 0) is 0 Å². The molecular weight excluding hydrogens is 110 g/mol. The van der Waals surface area contributed by atoms with Crippen LogP contribution in [0.3, 0.4) is 0 Å². The molecule has 50 valence electrons. The van der Waals surface area contributed by atoms with Crippen LogP contribution in [0.5, 0.6) is 0 Å². The predicted octanol–water partition coefficient (Wildman–Crippen LogP) is 2.04. The van der Waals surface area contributed by atoms with E-state index in [2.05, 4.69) is 31.0 Å². The van der Waals surface area contributed by atoms with E-state index in [0.717, 1.165) is 12.3 Å². The van der Waals surface area contributed by atoms with Gasteiger partial charge in [-0.1, -0.05) is 19.9 Å². The highest BCUT2D eigenvalue weighted by Gasteiger charge is 2.14. The molecule has 0 aromatic heterocycles. The summed E-state index contributed by atoms with van der Waals surface area (Å²) >= 11 is 0. The standard InChI is InChI=1S/C8H13N/c1-7-4-5-8(2,3)6-9-7/h4-5H,6H2,1-3H3. The lowest BCUT2D eigenvalue weighted by Crippen LogP contribution is -2.16. The molecule has 0 atom stereocenters. The smallest absolute Gasteiger partial charge is 0.0478 e. The molecule has 1 aliphatic rings. The predicted molar refractivity (Wildman–Crippen MR) is 40.9 cm³/mol. The zero-order chi connectivity index (χ0) is 6.91. The highest BCUT2D eigenvalue weighted by Crippen LogP contribution is 2.20. The van der Waals surface area contributed by atoms with Crippen molar-refractivity contribution in [2.24, 2.45) is 10.4 Å². The summed E-state index contributed by atoms with van der Waals surface area (Å²) in [6.45, 7) is 7.36. The summed E-state index contributed by atoms with van der Waals surface area (Å²) in [6.07, 6.45) is 4.30. The number of allylic oxidation sites excluding steroid dienone is 1. The van der Waals surface area contributed by atoms with E-state index < -0.39 is 0 Å². The molecule has 0 spiro atoms. The lowest BCUT2D eigenvalue weighted by molar-refractivity contribution is 0.492. The Kier molecular flexibility index (Phi) is 1.43. The van der Waals surface area contributed by atoms with Crippen LogP contribution in [0, 0.1) is 5.41 Å². The third kappa shape index (κ3) is 1.67. The second-order valence-electron chi connectivity index (χ2n) is 3.28. The summed E-state index contributed by atoms with van der Waals surface area (Å²) in [5, 5.41) is 0. The van der Waals surface area contributed by atoms with Crippen molar-refractivity contribution in [2.45, 2.75) is 20.8 Å². The minimum absolute atomic E-state index is 0.291. The number of hydrogen-bond acceptors (Lipinski definition) is 1. The molecule has 0 aromatic rings. The molecule has 0 unspecified atom stereocenters. The van der Waals surface area contributed by atoms with Gasteiger partial charge in [-0.05, 0) is 13.0 Å². The van der Waals surface area contributed by atoms with E-state index >= 15 is 0 Å². The number of rotatable bonds is 0. The number of aliphatic imine (C=N–C) groups is 1. The van der Waals surface area contributed by atoms with Gasteiger partial charge in [0, 0.05) is 17.7 Å². The highest BCUT2D eigenvalue weighted by atomic mass is 14.8. The molecule has 0 bridgehead atoms. The Bertz CT molecular complexity index is 163. The lowest BCUT2D eigenvalue weighted by atomic mass is 9.91. The van der Waals surface area contributed by atoms with E-state index in [4.69, 9.17) is 0 Å². The van der Waals surface area contributed by atoms with Crippen molar-refractivity contribution in [1.82, 2.24) is 0 Å². The zero-order valence-electron chi connectivity index (χ0n) is 6.31. The number of hydrogen-bond donors (Lipinski definition) is 0. The summed E-state index contributed by atoms with van der Waals surface area (Å²) in [5.74, 6) is 0. The van der Waals surface area contributed by atoms with Crippen LogP contribution in [0.4, 0.5) is 0 Å². The molecule has 0 fully saturated rings. The molecule has 1 heteroatoms. The topological polar surface area (TPSA) is 12.4 Å². The quantitative estimate of drug-likeness (QED) is 0.467. The molecule has 0 saturated carbocycles.